The summed E-state index contributed by atoms with van der Waals surface area (Å²) in [5.74, 6) is 0. The average Bonchev–Trinajstić information content (AvgIpc) is 2.08. The number of pyridine rings is 1. The number of nitrogens with zero attached hydrogens (tertiary/aromatic N) is 1. The number of hydrogen-bond acceptors (Lipinski definition) is 1. The van der Waals surface area contributed by atoms with Crippen LogP contribution >= 0.6 is 0 Å². The van der Waals surface area contributed by atoms with Crippen molar-refractivity contribution in [2.75, 3.05) is 0 Å². The van der Waals surface area contributed by atoms with Gasteiger partial charge in [-0.05, 0) is 0 Å². The van der Waals surface area contributed by atoms with Crippen LogP contribution in [0.5, 0.6) is 0 Å². The Hall–Kier alpha value is -1.85. The largest absolute Gasteiger partial charge is 0.394 e. The zero-order valence-corrected chi connectivity index (χ0v) is 14.7. The van der Waals surface area contributed by atoms with E-state index >= 15 is 0 Å². The quantitative estimate of drug-likeness (QED) is 0.641. The first-order valence-corrected chi connectivity index (χ1v) is 4.16. The molecule has 0 amide bonds. The van der Waals surface area contributed by atoms with E-state index in [-0.39, 0.29) is 0 Å². The van der Waals surface area contributed by atoms with Crippen molar-refractivity contribution in [3.8, 4) is 0 Å². The first-order valence-electron chi connectivity index (χ1n) is 4.16. The van der Waals surface area contributed by atoms with E-state index in [4.69, 9.17) is 0 Å². The van der Waals surface area contributed by atoms with Crippen molar-refractivity contribution in [1.82, 2.24) is 4.98 Å². The molecule has 0 spiro atoms. The Morgan fingerprint density at radius 3 is 2.17 bits per heavy atom. The summed E-state index contributed by atoms with van der Waals surface area (Å²) in [6, 6.07) is 3.90. The van der Waals surface area contributed by atoms with Gasteiger partial charge in [-0.2, -0.15) is 17.7 Å². The summed E-state index contributed by atoms with van der Waals surface area (Å²) >= 11 is 0. The summed E-state index contributed by atoms with van der Waals surface area (Å²) < 4.78 is 0. The minimum absolute atomic E-state index is 0. The molecule has 1 aromatic rings. The molecule has 0 atom stereocenters. The zero-order chi connectivity index (χ0) is 8.53. The third-order valence-corrected chi connectivity index (χ3v) is 1.10. The molecule has 0 bridgehead atoms. The van der Waals surface area contributed by atoms with E-state index in [2.05, 4.69) is 32.0 Å². The fraction of sp³-hybridized carbons (Fsp3) is 0.500. The van der Waals surface area contributed by atoms with Crippen molar-refractivity contribution in [3.63, 3.8) is 0 Å². The van der Waals surface area contributed by atoms with Gasteiger partial charge in [-0.1, -0.05) is 46.0 Å². The second-order valence-corrected chi connectivity index (χ2v) is 2.35. The summed E-state index contributed by atoms with van der Waals surface area (Å²) in [7, 11) is 0. The van der Waals surface area contributed by atoms with Crippen LogP contribution in [0.25, 0.3) is 0 Å². The molecule has 0 aliphatic carbocycles. The molecule has 0 radical (unpaired) electrons. The zero-order valence-electron chi connectivity index (χ0n) is 8.30. The summed E-state index contributed by atoms with van der Waals surface area (Å²) in [6.07, 6.45) is 6.84. The van der Waals surface area contributed by atoms with Gasteiger partial charge in [0.15, 0.2) is 0 Å². The number of hydrogen-bond donors (Lipinski definition) is 0. The molecule has 0 aliphatic heterocycles. The van der Waals surface area contributed by atoms with Gasteiger partial charge in [-0.15, -0.1) is 0 Å². The molecule has 0 aliphatic rings. The molecule has 12 heavy (non-hydrogen) atoms. The molecule has 1 rings (SSSR count). The molecule has 0 saturated carbocycles. The maximum Gasteiger partial charge on any atom is 0 e. The Morgan fingerprint density at radius 2 is 1.92 bits per heavy atom. The van der Waals surface area contributed by atoms with E-state index in [1.54, 1.807) is 6.20 Å². The Balaban J connectivity index is 0. The molecule has 0 aromatic carbocycles. The van der Waals surface area contributed by atoms with Gasteiger partial charge in [-0.25, -0.2) is 0 Å². The van der Waals surface area contributed by atoms with Crippen LogP contribution in [0.4, 0.5) is 0 Å². The van der Waals surface area contributed by atoms with Crippen molar-refractivity contribution >= 4 is 0 Å². The molecule has 2 heteroatoms. The van der Waals surface area contributed by atoms with Crippen molar-refractivity contribution in [1.29, 1.82) is 0 Å². The Morgan fingerprint density at radius 1 is 1.33 bits per heavy atom. The Labute approximate surface area is 69.5 Å². The standard InChI is InChI=1S/C7H8N.C3H8.Rf/c1-2-7-3-5-8-6-4-7;1-3-2;/h3-5H,2H2,1H3;3H2,1-2H3;/q-1;;. The summed E-state index contributed by atoms with van der Waals surface area (Å²) in [6.45, 7) is 6.36. The van der Waals surface area contributed by atoms with Crippen molar-refractivity contribution in [3.05, 3.63) is 30.1 Å². The van der Waals surface area contributed by atoms with Gasteiger partial charge < -0.3 is 4.98 Å². The third-order valence-electron chi connectivity index (χ3n) is 1.10. The van der Waals surface area contributed by atoms with Crippen LogP contribution in [0.1, 0.15) is 32.8 Å². The van der Waals surface area contributed by atoms with Crippen LogP contribution in [-0.4, -0.2) is 4.98 Å². The van der Waals surface area contributed by atoms with E-state index in [9.17, 15) is 0 Å². The van der Waals surface area contributed by atoms with Gasteiger partial charge >= 0.3 is 0 Å². The van der Waals surface area contributed by atoms with Crippen molar-refractivity contribution < 1.29 is 0 Å². The maximum atomic E-state index is 3.77. The summed E-state index contributed by atoms with van der Waals surface area (Å²) in [5, 5.41) is 0. The average molecular weight is 417 g/mol. The first kappa shape index (κ1) is 12.8. The topological polar surface area (TPSA) is 12.9 Å². The molecule has 0 fully saturated rings. The molecule has 1 nitrogen and oxygen atoms in total. The smallest absolute Gasteiger partial charge is 0 e. The summed E-state index contributed by atoms with van der Waals surface area (Å²) in [5.41, 5.74) is 1.29. The molecule has 1 heterocycles. The Kier molecular flexibility index (Phi) is 9.76. The number of rotatable bonds is 1. The van der Waals surface area contributed by atoms with Crippen molar-refractivity contribution in [2.24, 2.45) is 0 Å². The van der Waals surface area contributed by atoms with Gasteiger partial charge in [0.25, 0.3) is 0 Å². The number of aryl methyl sites for hydroxylation is 1. The predicted molar refractivity (Wildman–Crippen MR) is 48.4 cm³/mol. The van der Waals surface area contributed by atoms with Crippen LogP contribution in [-0.2, 0) is 6.42 Å². The summed E-state index contributed by atoms with van der Waals surface area (Å²) in [4.78, 5) is 3.77. The van der Waals surface area contributed by atoms with Gasteiger partial charge in [0, 0.05) is 0 Å². The van der Waals surface area contributed by atoms with Gasteiger partial charge in [0.05, 0.1) is 0 Å². The fourth-order valence-corrected chi connectivity index (χ4v) is 0.564. The second kappa shape index (κ2) is 9.15. The monoisotopic (exact) mass is 417 g/mol. The minimum atomic E-state index is 0. The van der Waals surface area contributed by atoms with Crippen LogP contribution < -0.4 is 0 Å². The molecule has 1 aromatic heterocycles. The van der Waals surface area contributed by atoms with E-state index in [1.807, 2.05) is 12.1 Å². The predicted octanol–water partition coefficient (Wildman–Crippen LogP) is 2.86. The first-order chi connectivity index (χ1) is 5.35. The van der Waals surface area contributed by atoms with Gasteiger partial charge in [0.1, 0.15) is 0 Å². The van der Waals surface area contributed by atoms with Crippen LogP contribution in [0.2, 0.25) is 0 Å². The van der Waals surface area contributed by atoms with Gasteiger partial charge in [-0.3, -0.25) is 0 Å². The molecular formula is C10H16NRf-. The van der Waals surface area contributed by atoms with Crippen LogP contribution in [0, 0.1) is 6.20 Å². The third kappa shape index (κ3) is 6.27. The van der Waals surface area contributed by atoms with E-state index in [0.29, 0.717) is 0 Å². The second-order valence-electron chi connectivity index (χ2n) is 2.35. The molecule has 0 unspecified atom stereocenters. The number of aromatic nitrogens is 1. The minimum Gasteiger partial charge on any atom is -0.394 e. The normalized spacial score (nSPS) is 7.58. The Bertz CT molecular complexity index is 163. The van der Waals surface area contributed by atoms with E-state index in [0.717, 1.165) is 6.42 Å². The van der Waals surface area contributed by atoms with Crippen LogP contribution in [0.15, 0.2) is 18.3 Å². The molecular weight excluding hydrogens is 401 g/mol. The fourth-order valence-electron chi connectivity index (χ4n) is 0.564. The maximum absolute atomic E-state index is 3.77. The van der Waals surface area contributed by atoms with E-state index < -0.39 is 0 Å². The van der Waals surface area contributed by atoms with E-state index in [1.165, 1.54) is 12.0 Å². The molecule has 64 valence electrons. The SMILES string of the molecule is CCC.CCc1c[c-]ncc1.[Rf]. The molecule has 0 N–H and O–H groups in total. The van der Waals surface area contributed by atoms with Crippen molar-refractivity contribution in [2.45, 2.75) is 33.6 Å². The molecule has 0 saturated heterocycles. The van der Waals surface area contributed by atoms with Crippen LogP contribution in [0.3, 0.4) is 0 Å². The van der Waals surface area contributed by atoms with Gasteiger partial charge in [0.2, 0.25) is 0 Å².